The molecular formula is C26H26N4O3. The maximum Gasteiger partial charge on any atom is 0.258 e. The summed E-state index contributed by atoms with van der Waals surface area (Å²) < 4.78 is 7.27. The molecule has 0 radical (unpaired) electrons. The third-order valence-electron chi connectivity index (χ3n) is 5.98. The monoisotopic (exact) mass is 442 g/mol. The minimum Gasteiger partial charge on any atom is -0.506 e. The smallest absolute Gasteiger partial charge is 0.258 e. The number of nitrogens with zero attached hydrogens (tertiary/aromatic N) is 4. The minimum atomic E-state index is -0.180. The van der Waals surface area contributed by atoms with Gasteiger partial charge in [0.25, 0.3) is 5.56 Å². The molecule has 1 N–H and O–H groups in total. The van der Waals surface area contributed by atoms with E-state index in [-0.39, 0.29) is 17.9 Å². The van der Waals surface area contributed by atoms with Gasteiger partial charge in [0.2, 0.25) is 0 Å². The van der Waals surface area contributed by atoms with Gasteiger partial charge in [-0.2, -0.15) is 0 Å². The third-order valence-corrected chi connectivity index (χ3v) is 5.98. The van der Waals surface area contributed by atoms with Gasteiger partial charge in [0.15, 0.2) is 0 Å². The Morgan fingerprint density at radius 2 is 1.82 bits per heavy atom. The van der Waals surface area contributed by atoms with Crippen molar-refractivity contribution in [1.82, 2.24) is 19.4 Å². The van der Waals surface area contributed by atoms with Crippen molar-refractivity contribution in [3.63, 3.8) is 0 Å². The predicted molar refractivity (Wildman–Crippen MR) is 127 cm³/mol. The molecule has 0 unspecified atom stereocenters. The van der Waals surface area contributed by atoms with Crippen LogP contribution in [-0.2, 0) is 13.0 Å². The molecule has 168 valence electrons. The number of fused-ring (bicyclic) bond motifs is 1. The van der Waals surface area contributed by atoms with E-state index in [4.69, 9.17) is 9.72 Å². The molecule has 0 atom stereocenters. The largest absolute Gasteiger partial charge is 0.506 e. The molecule has 4 aromatic rings. The molecule has 1 saturated heterocycles. The zero-order chi connectivity index (χ0) is 22.6. The standard InChI is InChI=1S/C26H26N4O3/c31-23-7-5-21(27-17-23)18-33-24-10-14-30(26(32)16-24)22-6-8-25-19(15-22)3-4-20(28-25)9-13-29-11-1-2-12-29/h3-8,10,14-17,31H,1-2,9,11-13,18H2. The fourth-order valence-corrected chi connectivity index (χ4v) is 4.15. The van der Waals surface area contributed by atoms with Crippen LogP contribution in [0.2, 0.25) is 0 Å². The van der Waals surface area contributed by atoms with Gasteiger partial charge in [0.05, 0.1) is 17.4 Å². The van der Waals surface area contributed by atoms with Gasteiger partial charge in [0, 0.05) is 42.0 Å². The maximum absolute atomic E-state index is 12.7. The number of aromatic nitrogens is 3. The first kappa shape index (κ1) is 21.2. The van der Waals surface area contributed by atoms with E-state index in [0.29, 0.717) is 11.4 Å². The first-order valence-corrected chi connectivity index (χ1v) is 11.3. The summed E-state index contributed by atoms with van der Waals surface area (Å²) in [5.41, 5.74) is 3.31. The van der Waals surface area contributed by atoms with Gasteiger partial charge in [-0.05, 0) is 68.4 Å². The lowest BCUT2D eigenvalue weighted by Gasteiger charge is -2.14. The quantitative estimate of drug-likeness (QED) is 0.470. The molecule has 4 heterocycles. The van der Waals surface area contributed by atoms with Gasteiger partial charge in [-0.15, -0.1) is 0 Å². The molecule has 33 heavy (non-hydrogen) atoms. The van der Waals surface area contributed by atoms with Crippen LogP contribution in [0.5, 0.6) is 11.5 Å². The molecule has 0 saturated carbocycles. The van der Waals surface area contributed by atoms with Crippen molar-refractivity contribution in [3.8, 4) is 17.2 Å². The lowest BCUT2D eigenvalue weighted by Crippen LogP contribution is -2.22. The first-order valence-electron chi connectivity index (χ1n) is 11.3. The summed E-state index contributed by atoms with van der Waals surface area (Å²) in [5.74, 6) is 0.571. The highest BCUT2D eigenvalue weighted by atomic mass is 16.5. The fourth-order valence-electron chi connectivity index (χ4n) is 4.15. The zero-order valence-electron chi connectivity index (χ0n) is 18.4. The highest BCUT2D eigenvalue weighted by molar-refractivity contribution is 5.81. The molecule has 1 aliphatic rings. The maximum atomic E-state index is 12.7. The van der Waals surface area contributed by atoms with Gasteiger partial charge < -0.3 is 14.7 Å². The Labute approximate surface area is 191 Å². The van der Waals surface area contributed by atoms with Crippen LogP contribution in [-0.4, -0.2) is 44.2 Å². The van der Waals surface area contributed by atoms with E-state index in [9.17, 15) is 9.90 Å². The molecular weight excluding hydrogens is 416 g/mol. The van der Waals surface area contributed by atoms with Crippen molar-refractivity contribution < 1.29 is 9.84 Å². The number of benzene rings is 1. The van der Waals surface area contributed by atoms with Crippen LogP contribution in [0, 0.1) is 0 Å². The average Bonchev–Trinajstić information content (AvgIpc) is 3.36. The summed E-state index contributed by atoms with van der Waals surface area (Å²) in [6, 6.07) is 16.5. The second-order valence-electron chi connectivity index (χ2n) is 8.35. The Balaban J connectivity index is 1.29. The van der Waals surface area contributed by atoms with E-state index in [1.165, 1.54) is 38.2 Å². The molecule has 0 bridgehead atoms. The van der Waals surface area contributed by atoms with E-state index in [2.05, 4.69) is 22.0 Å². The number of hydrogen-bond acceptors (Lipinski definition) is 6. The van der Waals surface area contributed by atoms with Crippen molar-refractivity contribution in [2.24, 2.45) is 0 Å². The van der Waals surface area contributed by atoms with Crippen molar-refractivity contribution in [2.45, 2.75) is 25.9 Å². The second-order valence-corrected chi connectivity index (χ2v) is 8.35. The zero-order valence-corrected chi connectivity index (χ0v) is 18.4. The average molecular weight is 443 g/mol. The van der Waals surface area contributed by atoms with E-state index in [0.717, 1.165) is 35.2 Å². The summed E-state index contributed by atoms with van der Waals surface area (Å²) in [4.78, 5) is 24.1. The van der Waals surface area contributed by atoms with Crippen LogP contribution in [0.15, 0.2) is 71.8 Å². The molecule has 7 heteroatoms. The summed E-state index contributed by atoms with van der Waals surface area (Å²) in [5, 5.41) is 10.3. The SMILES string of the molecule is O=c1cc(OCc2ccc(O)cn2)ccn1-c1ccc2nc(CCN3CCCC3)ccc2c1. The number of hydrogen-bond donors (Lipinski definition) is 1. The fraction of sp³-hybridized carbons (Fsp3) is 0.269. The van der Waals surface area contributed by atoms with Gasteiger partial charge in [-0.3, -0.25) is 19.3 Å². The number of aromatic hydroxyl groups is 1. The number of rotatable bonds is 7. The number of ether oxygens (including phenoxy) is 1. The minimum absolute atomic E-state index is 0.102. The van der Waals surface area contributed by atoms with Crippen molar-refractivity contribution in [2.75, 3.05) is 19.6 Å². The van der Waals surface area contributed by atoms with Crippen LogP contribution in [0.3, 0.4) is 0 Å². The Kier molecular flexibility index (Phi) is 6.04. The van der Waals surface area contributed by atoms with Crippen LogP contribution in [0.4, 0.5) is 0 Å². The lowest BCUT2D eigenvalue weighted by molar-refractivity contribution is 0.300. The summed E-state index contributed by atoms with van der Waals surface area (Å²) in [6.45, 7) is 3.67. The van der Waals surface area contributed by atoms with Crippen LogP contribution in [0.25, 0.3) is 16.6 Å². The Hall–Kier alpha value is -3.71. The van der Waals surface area contributed by atoms with Crippen LogP contribution >= 0.6 is 0 Å². The van der Waals surface area contributed by atoms with E-state index in [1.807, 2.05) is 18.2 Å². The molecule has 1 aromatic carbocycles. The highest BCUT2D eigenvalue weighted by Gasteiger charge is 2.11. The molecule has 0 amide bonds. The molecule has 0 aliphatic carbocycles. The summed E-state index contributed by atoms with van der Waals surface area (Å²) in [7, 11) is 0. The Morgan fingerprint density at radius 3 is 2.61 bits per heavy atom. The molecule has 3 aromatic heterocycles. The molecule has 1 aliphatic heterocycles. The van der Waals surface area contributed by atoms with Gasteiger partial charge in [0.1, 0.15) is 18.1 Å². The molecule has 5 rings (SSSR count). The van der Waals surface area contributed by atoms with Crippen molar-refractivity contribution >= 4 is 10.9 Å². The molecule has 0 spiro atoms. The van der Waals surface area contributed by atoms with Gasteiger partial charge >= 0.3 is 0 Å². The Morgan fingerprint density at radius 1 is 0.970 bits per heavy atom. The van der Waals surface area contributed by atoms with Crippen LogP contribution < -0.4 is 10.3 Å². The topological polar surface area (TPSA) is 80.5 Å². The van der Waals surface area contributed by atoms with E-state index >= 15 is 0 Å². The molecule has 7 nitrogen and oxygen atoms in total. The number of pyridine rings is 3. The van der Waals surface area contributed by atoms with Gasteiger partial charge in [-0.1, -0.05) is 6.07 Å². The highest BCUT2D eigenvalue weighted by Crippen LogP contribution is 2.19. The van der Waals surface area contributed by atoms with Crippen molar-refractivity contribution in [1.29, 1.82) is 0 Å². The third kappa shape index (κ3) is 5.04. The first-order chi connectivity index (χ1) is 16.1. The van der Waals surface area contributed by atoms with Gasteiger partial charge in [-0.25, -0.2) is 0 Å². The summed E-state index contributed by atoms with van der Waals surface area (Å²) in [6.07, 6.45) is 6.63. The van der Waals surface area contributed by atoms with E-state index in [1.54, 1.807) is 29.0 Å². The molecule has 1 fully saturated rings. The summed E-state index contributed by atoms with van der Waals surface area (Å²) >= 11 is 0. The van der Waals surface area contributed by atoms with Crippen molar-refractivity contribution in [3.05, 3.63) is 88.7 Å². The lowest BCUT2D eigenvalue weighted by atomic mass is 10.1. The normalized spacial score (nSPS) is 14.1. The number of likely N-dealkylation sites (tertiary alicyclic amines) is 1. The second kappa shape index (κ2) is 9.42. The predicted octanol–water partition coefficient (Wildman–Crippen LogP) is 3.70. The van der Waals surface area contributed by atoms with Crippen LogP contribution in [0.1, 0.15) is 24.2 Å². The van der Waals surface area contributed by atoms with E-state index < -0.39 is 0 Å². The Bertz CT molecular complexity index is 1310.